The van der Waals surface area contributed by atoms with Crippen LogP contribution in [0.4, 0.5) is 0 Å². The summed E-state index contributed by atoms with van der Waals surface area (Å²) in [7, 11) is 1.67. The molecule has 0 unspecified atom stereocenters. The third kappa shape index (κ3) is 3.62. The van der Waals surface area contributed by atoms with Gasteiger partial charge in [-0.05, 0) is 18.0 Å². The van der Waals surface area contributed by atoms with Crippen molar-refractivity contribution in [2.24, 2.45) is 0 Å². The first-order chi connectivity index (χ1) is 8.79. The molecule has 0 aromatic carbocycles. The van der Waals surface area contributed by atoms with Crippen molar-refractivity contribution in [1.82, 2.24) is 29.7 Å². The van der Waals surface area contributed by atoms with Gasteiger partial charge in [-0.1, -0.05) is 11.8 Å². The summed E-state index contributed by atoms with van der Waals surface area (Å²) >= 11 is 7.34. The highest BCUT2D eigenvalue weighted by Gasteiger charge is 2.07. The standard InChI is InChI=1S/C9H11ClN6OS/c1-17-3-2-4-18-9-14-7(10)13-8(15-9)16-6-11-5-12-16/h5-6H,2-4H2,1H3. The molecule has 0 spiro atoms. The lowest BCUT2D eigenvalue weighted by molar-refractivity contribution is 0.200. The lowest BCUT2D eigenvalue weighted by Crippen LogP contribution is -2.05. The smallest absolute Gasteiger partial charge is 0.257 e. The lowest BCUT2D eigenvalue weighted by atomic mass is 10.5. The van der Waals surface area contributed by atoms with Gasteiger partial charge in [0.05, 0.1) is 0 Å². The summed E-state index contributed by atoms with van der Waals surface area (Å²) < 4.78 is 6.41. The summed E-state index contributed by atoms with van der Waals surface area (Å²) in [4.78, 5) is 16.1. The van der Waals surface area contributed by atoms with Crippen LogP contribution >= 0.6 is 23.4 Å². The Balaban J connectivity index is 2.07. The molecule has 0 N–H and O–H groups in total. The number of nitrogens with zero attached hydrogens (tertiary/aromatic N) is 6. The van der Waals surface area contributed by atoms with Crippen molar-refractivity contribution in [3.8, 4) is 5.95 Å². The summed E-state index contributed by atoms with van der Waals surface area (Å²) in [5, 5.41) is 4.65. The largest absolute Gasteiger partial charge is 0.385 e. The maximum Gasteiger partial charge on any atom is 0.257 e. The predicted molar refractivity (Wildman–Crippen MR) is 67.0 cm³/mol. The molecule has 0 saturated heterocycles. The van der Waals surface area contributed by atoms with E-state index in [2.05, 4.69) is 25.0 Å². The van der Waals surface area contributed by atoms with Gasteiger partial charge in [0.2, 0.25) is 5.28 Å². The average molecular weight is 287 g/mol. The first-order valence-electron chi connectivity index (χ1n) is 5.18. The molecule has 9 heteroatoms. The fourth-order valence-electron chi connectivity index (χ4n) is 1.17. The second-order valence-corrected chi connectivity index (χ2v) is 4.62. The molecule has 0 fully saturated rings. The predicted octanol–water partition coefficient (Wildman–Crippen LogP) is 1.23. The van der Waals surface area contributed by atoms with Gasteiger partial charge in [-0.15, -0.1) is 0 Å². The monoisotopic (exact) mass is 286 g/mol. The van der Waals surface area contributed by atoms with Crippen LogP contribution in [0.25, 0.3) is 5.95 Å². The fraction of sp³-hybridized carbons (Fsp3) is 0.444. The van der Waals surface area contributed by atoms with Crippen molar-refractivity contribution in [3.63, 3.8) is 0 Å². The van der Waals surface area contributed by atoms with E-state index in [1.165, 1.54) is 29.1 Å². The highest BCUT2D eigenvalue weighted by molar-refractivity contribution is 7.99. The first kappa shape index (κ1) is 13.2. The van der Waals surface area contributed by atoms with Crippen molar-refractivity contribution in [2.75, 3.05) is 19.5 Å². The van der Waals surface area contributed by atoms with Crippen LogP contribution in [0.5, 0.6) is 0 Å². The van der Waals surface area contributed by atoms with E-state index in [9.17, 15) is 0 Å². The van der Waals surface area contributed by atoms with E-state index in [1.807, 2.05) is 0 Å². The van der Waals surface area contributed by atoms with E-state index in [4.69, 9.17) is 16.3 Å². The third-order valence-electron chi connectivity index (χ3n) is 1.92. The third-order valence-corrected chi connectivity index (χ3v) is 3.03. The second-order valence-electron chi connectivity index (χ2n) is 3.22. The average Bonchev–Trinajstić information content (AvgIpc) is 2.88. The van der Waals surface area contributed by atoms with Gasteiger partial charge in [0, 0.05) is 19.5 Å². The van der Waals surface area contributed by atoms with Crippen molar-refractivity contribution >= 4 is 23.4 Å². The molecule has 0 amide bonds. The summed E-state index contributed by atoms with van der Waals surface area (Å²) in [6.45, 7) is 0.710. The van der Waals surface area contributed by atoms with Gasteiger partial charge in [-0.2, -0.15) is 24.7 Å². The number of ether oxygens (including phenoxy) is 1. The molecular formula is C9H11ClN6OS. The van der Waals surface area contributed by atoms with Crippen molar-refractivity contribution < 1.29 is 4.74 Å². The highest BCUT2D eigenvalue weighted by atomic mass is 35.5. The molecule has 7 nitrogen and oxygen atoms in total. The molecule has 0 aliphatic carbocycles. The van der Waals surface area contributed by atoms with Crippen molar-refractivity contribution in [2.45, 2.75) is 11.6 Å². The van der Waals surface area contributed by atoms with Gasteiger partial charge in [0.15, 0.2) is 5.16 Å². The molecule has 2 aromatic heterocycles. The van der Waals surface area contributed by atoms with E-state index in [1.54, 1.807) is 7.11 Å². The Bertz CT molecular complexity index is 494. The molecule has 0 saturated carbocycles. The number of rotatable bonds is 6. The SMILES string of the molecule is COCCCSc1nc(Cl)nc(-n2cncn2)n1. The number of thioether (sulfide) groups is 1. The Labute approximate surface area is 113 Å². The van der Waals surface area contributed by atoms with Gasteiger partial charge >= 0.3 is 0 Å². The lowest BCUT2D eigenvalue weighted by Gasteiger charge is -2.03. The van der Waals surface area contributed by atoms with E-state index >= 15 is 0 Å². The van der Waals surface area contributed by atoms with Crippen LogP contribution in [0.1, 0.15) is 6.42 Å². The summed E-state index contributed by atoms with van der Waals surface area (Å²) in [5.41, 5.74) is 0. The Hall–Kier alpha value is -1.25. The van der Waals surface area contributed by atoms with Crippen LogP contribution in [-0.2, 0) is 4.74 Å². The Morgan fingerprint density at radius 1 is 1.39 bits per heavy atom. The number of hydrogen-bond donors (Lipinski definition) is 0. The zero-order chi connectivity index (χ0) is 12.8. The van der Waals surface area contributed by atoms with E-state index in [-0.39, 0.29) is 5.28 Å². The summed E-state index contributed by atoms with van der Waals surface area (Å²) in [6.07, 6.45) is 3.83. The topological polar surface area (TPSA) is 78.6 Å². The fourth-order valence-corrected chi connectivity index (χ4v) is 2.11. The van der Waals surface area contributed by atoms with Crippen LogP contribution in [0, 0.1) is 0 Å². The van der Waals surface area contributed by atoms with Gasteiger partial charge in [-0.25, -0.2) is 4.98 Å². The normalized spacial score (nSPS) is 10.8. The van der Waals surface area contributed by atoms with Crippen LogP contribution in [0.15, 0.2) is 17.8 Å². The van der Waals surface area contributed by atoms with Gasteiger partial charge < -0.3 is 4.74 Å². The quantitative estimate of drug-likeness (QED) is 0.584. The molecule has 0 radical (unpaired) electrons. The molecule has 0 aliphatic rings. The molecule has 0 aliphatic heterocycles. The number of aromatic nitrogens is 6. The number of methoxy groups -OCH3 is 1. The zero-order valence-corrected chi connectivity index (χ0v) is 11.2. The van der Waals surface area contributed by atoms with Gasteiger partial charge in [0.1, 0.15) is 12.7 Å². The van der Waals surface area contributed by atoms with Crippen LogP contribution in [-0.4, -0.2) is 49.2 Å². The molecule has 2 aromatic rings. The zero-order valence-electron chi connectivity index (χ0n) is 9.65. The maximum absolute atomic E-state index is 5.85. The molecule has 0 atom stereocenters. The maximum atomic E-state index is 5.85. The van der Waals surface area contributed by atoms with Gasteiger partial charge in [0.25, 0.3) is 5.95 Å². The molecule has 18 heavy (non-hydrogen) atoms. The van der Waals surface area contributed by atoms with E-state index in [0.717, 1.165) is 12.2 Å². The minimum Gasteiger partial charge on any atom is -0.385 e. The molecule has 2 rings (SSSR count). The van der Waals surface area contributed by atoms with Crippen molar-refractivity contribution in [1.29, 1.82) is 0 Å². The number of hydrogen-bond acceptors (Lipinski definition) is 7. The molecule has 96 valence electrons. The van der Waals surface area contributed by atoms with Crippen LogP contribution < -0.4 is 0 Å². The van der Waals surface area contributed by atoms with Gasteiger partial charge in [-0.3, -0.25) is 0 Å². The first-order valence-corrected chi connectivity index (χ1v) is 6.54. The van der Waals surface area contributed by atoms with Crippen LogP contribution in [0.2, 0.25) is 5.28 Å². The Morgan fingerprint density at radius 3 is 3.00 bits per heavy atom. The molecule has 2 heterocycles. The van der Waals surface area contributed by atoms with E-state index in [0.29, 0.717) is 17.7 Å². The minimum atomic E-state index is 0.143. The molecule has 0 bridgehead atoms. The van der Waals surface area contributed by atoms with E-state index < -0.39 is 0 Å². The Morgan fingerprint density at radius 2 is 2.28 bits per heavy atom. The van der Waals surface area contributed by atoms with Crippen LogP contribution in [0.3, 0.4) is 0 Å². The minimum absolute atomic E-state index is 0.143. The second kappa shape index (κ2) is 6.62. The number of halogens is 1. The molecular weight excluding hydrogens is 276 g/mol. The van der Waals surface area contributed by atoms with Crippen molar-refractivity contribution in [3.05, 3.63) is 17.9 Å². The summed E-state index contributed by atoms with van der Waals surface area (Å²) in [6, 6.07) is 0. The Kier molecular flexibility index (Phi) is 4.85. The summed E-state index contributed by atoms with van der Waals surface area (Å²) in [5.74, 6) is 1.21. The highest BCUT2D eigenvalue weighted by Crippen LogP contribution is 2.16.